The second-order valence-electron chi connectivity index (χ2n) is 4.18. The summed E-state index contributed by atoms with van der Waals surface area (Å²) < 4.78 is 5.09. The number of piperidine rings is 1. The molecule has 0 spiro atoms. The third kappa shape index (κ3) is 3.28. The van der Waals surface area contributed by atoms with Gasteiger partial charge in [-0.25, -0.2) is 0 Å². The van der Waals surface area contributed by atoms with E-state index < -0.39 is 0 Å². The second kappa shape index (κ2) is 5.80. The number of aliphatic imine (C=N–C) groups is 1. The molecule has 0 radical (unpaired) electrons. The normalized spacial score (nSPS) is 25.1. The number of nitrogens with zero attached hydrogens (tertiary/aromatic N) is 1. The van der Waals surface area contributed by atoms with Crippen molar-refractivity contribution in [3.8, 4) is 5.75 Å². The number of hydrogen-bond acceptors (Lipinski definition) is 4. The zero-order chi connectivity index (χ0) is 12.1. The molecule has 0 aromatic heterocycles. The van der Waals surface area contributed by atoms with Gasteiger partial charge in [0.2, 0.25) is 0 Å². The number of nitrogens with one attached hydrogen (secondary N) is 1. The van der Waals surface area contributed by atoms with Gasteiger partial charge in [-0.1, -0.05) is 0 Å². The van der Waals surface area contributed by atoms with Crippen molar-refractivity contribution in [2.24, 2.45) is 4.99 Å². The van der Waals surface area contributed by atoms with Crippen LogP contribution >= 0.6 is 0 Å². The molecule has 1 unspecified atom stereocenters. The van der Waals surface area contributed by atoms with Crippen LogP contribution < -0.4 is 10.1 Å². The molecule has 0 saturated carbocycles. The molecular weight excluding hydrogens is 216 g/mol. The Morgan fingerprint density at radius 3 is 2.82 bits per heavy atom. The largest absolute Gasteiger partial charge is 0.497 e. The van der Waals surface area contributed by atoms with E-state index in [1.54, 1.807) is 7.11 Å². The molecule has 0 aliphatic carbocycles. The highest BCUT2D eigenvalue weighted by Crippen LogP contribution is 2.11. The quantitative estimate of drug-likeness (QED) is 0.762. The molecule has 1 aliphatic heterocycles. The fourth-order valence-electron chi connectivity index (χ4n) is 1.87. The number of methoxy groups -OCH3 is 1. The van der Waals surface area contributed by atoms with Crippen LogP contribution in [0.3, 0.4) is 0 Å². The Kier molecular flexibility index (Phi) is 4.12. The first-order valence-electron chi connectivity index (χ1n) is 5.85. The van der Waals surface area contributed by atoms with Crippen LogP contribution in [0.25, 0.3) is 0 Å². The lowest BCUT2D eigenvalue weighted by Crippen LogP contribution is -2.43. The molecule has 1 aromatic carbocycles. The van der Waals surface area contributed by atoms with E-state index in [2.05, 4.69) is 10.3 Å². The first kappa shape index (κ1) is 12.1. The molecular formula is C13H18N2O2. The molecule has 0 amide bonds. The van der Waals surface area contributed by atoms with E-state index in [4.69, 9.17) is 4.74 Å². The van der Waals surface area contributed by atoms with Crippen LogP contribution in [0.5, 0.6) is 5.75 Å². The van der Waals surface area contributed by atoms with E-state index in [0.29, 0.717) is 6.54 Å². The van der Waals surface area contributed by atoms with Crippen molar-refractivity contribution >= 4 is 6.21 Å². The fourth-order valence-corrected chi connectivity index (χ4v) is 1.87. The van der Waals surface area contributed by atoms with Gasteiger partial charge in [0.25, 0.3) is 0 Å². The minimum atomic E-state index is -0.377. The molecule has 4 nitrogen and oxygen atoms in total. The van der Waals surface area contributed by atoms with Gasteiger partial charge < -0.3 is 15.2 Å². The van der Waals surface area contributed by atoms with Gasteiger partial charge >= 0.3 is 0 Å². The smallest absolute Gasteiger partial charge is 0.118 e. The van der Waals surface area contributed by atoms with Gasteiger partial charge in [-0.3, -0.25) is 4.99 Å². The lowest BCUT2D eigenvalue weighted by atomic mass is 10.0. The van der Waals surface area contributed by atoms with Crippen LogP contribution in [0, 0.1) is 0 Å². The van der Waals surface area contributed by atoms with Gasteiger partial charge in [-0.15, -0.1) is 0 Å². The van der Waals surface area contributed by atoms with Crippen molar-refractivity contribution in [2.45, 2.75) is 18.6 Å². The van der Waals surface area contributed by atoms with E-state index in [-0.39, 0.29) is 12.1 Å². The van der Waals surface area contributed by atoms with E-state index in [1.165, 1.54) is 0 Å². The summed E-state index contributed by atoms with van der Waals surface area (Å²) in [6.07, 6.45) is 2.32. The Morgan fingerprint density at radius 2 is 2.18 bits per heavy atom. The van der Waals surface area contributed by atoms with Crippen LogP contribution in [0.2, 0.25) is 0 Å². The zero-order valence-corrected chi connectivity index (χ0v) is 9.97. The summed E-state index contributed by atoms with van der Waals surface area (Å²) in [5, 5.41) is 12.9. The lowest BCUT2D eigenvalue weighted by molar-refractivity contribution is 0.122. The molecule has 0 bridgehead atoms. The van der Waals surface area contributed by atoms with Gasteiger partial charge in [0, 0.05) is 12.8 Å². The van der Waals surface area contributed by atoms with Crippen molar-refractivity contribution in [1.29, 1.82) is 0 Å². The SMILES string of the molecule is COc1ccc(/C=N/[C@H]2CCNCC2O)cc1. The number of aliphatic hydroxyl groups excluding tert-OH is 1. The first-order chi connectivity index (χ1) is 8.29. The third-order valence-corrected chi connectivity index (χ3v) is 2.95. The second-order valence-corrected chi connectivity index (χ2v) is 4.18. The Bertz CT molecular complexity index is 376. The number of β-amino-alcohol motifs (C(OH)–C–C–N with tert-alkyl or cyclic N) is 1. The molecule has 17 heavy (non-hydrogen) atoms. The molecule has 2 atom stereocenters. The average Bonchev–Trinajstić information content (AvgIpc) is 2.38. The number of aliphatic hydroxyl groups is 1. The maximum atomic E-state index is 9.73. The van der Waals surface area contributed by atoms with Crippen LogP contribution in [-0.2, 0) is 0 Å². The van der Waals surface area contributed by atoms with Gasteiger partial charge in [0.05, 0.1) is 19.3 Å². The van der Waals surface area contributed by atoms with Crippen LogP contribution in [0.1, 0.15) is 12.0 Å². The van der Waals surface area contributed by atoms with Crippen molar-refractivity contribution in [2.75, 3.05) is 20.2 Å². The number of ether oxygens (including phenoxy) is 1. The van der Waals surface area contributed by atoms with Crippen molar-refractivity contribution in [3.05, 3.63) is 29.8 Å². The Morgan fingerprint density at radius 1 is 1.41 bits per heavy atom. The summed E-state index contributed by atoms with van der Waals surface area (Å²) in [6, 6.07) is 7.73. The predicted molar refractivity (Wildman–Crippen MR) is 67.9 cm³/mol. The maximum Gasteiger partial charge on any atom is 0.118 e. The van der Waals surface area contributed by atoms with Gasteiger partial charge in [-0.05, 0) is 42.8 Å². The molecule has 2 N–H and O–H groups in total. The predicted octanol–water partition coefficient (Wildman–Crippen LogP) is 0.837. The summed E-state index contributed by atoms with van der Waals surface area (Å²) in [7, 11) is 1.65. The van der Waals surface area contributed by atoms with Crippen LogP contribution in [0.4, 0.5) is 0 Å². The summed E-state index contributed by atoms with van der Waals surface area (Å²) in [4.78, 5) is 4.43. The zero-order valence-electron chi connectivity index (χ0n) is 9.97. The van der Waals surface area contributed by atoms with Crippen LogP contribution in [0.15, 0.2) is 29.3 Å². The van der Waals surface area contributed by atoms with Crippen LogP contribution in [-0.4, -0.2) is 43.7 Å². The van der Waals surface area contributed by atoms with E-state index in [1.807, 2.05) is 30.5 Å². The molecule has 1 aliphatic rings. The topological polar surface area (TPSA) is 53.8 Å². The summed E-state index contributed by atoms with van der Waals surface area (Å²) in [5.74, 6) is 0.837. The van der Waals surface area contributed by atoms with Gasteiger partial charge in [0.15, 0.2) is 0 Å². The summed E-state index contributed by atoms with van der Waals surface area (Å²) in [6.45, 7) is 1.55. The Hall–Kier alpha value is -1.39. The first-order valence-corrected chi connectivity index (χ1v) is 5.85. The Balaban J connectivity index is 1.98. The maximum absolute atomic E-state index is 9.73. The van der Waals surface area contributed by atoms with Crippen molar-refractivity contribution in [3.63, 3.8) is 0 Å². The van der Waals surface area contributed by atoms with E-state index >= 15 is 0 Å². The fraction of sp³-hybridized carbons (Fsp3) is 0.462. The highest BCUT2D eigenvalue weighted by atomic mass is 16.5. The monoisotopic (exact) mass is 234 g/mol. The van der Waals surface area contributed by atoms with Crippen molar-refractivity contribution < 1.29 is 9.84 Å². The molecule has 1 heterocycles. The third-order valence-electron chi connectivity index (χ3n) is 2.95. The Labute approximate surface area is 101 Å². The molecule has 92 valence electrons. The van der Waals surface area contributed by atoms with Gasteiger partial charge in [-0.2, -0.15) is 0 Å². The van der Waals surface area contributed by atoms with E-state index in [0.717, 1.165) is 24.3 Å². The highest BCUT2D eigenvalue weighted by Gasteiger charge is 2.20. The molecule has 1 saturated heterocycles. The molecule has 4 heteroatoms. The number of rotatable bonds is 3. The molecule has 1 aromatic rings. The summed E-state index contributed by atoms with van der Waals surface area (Å²) in [5.41, 5.74) is 1.02. The van der Waals surface area contributed by atoms with Gasteiger partial charge in [0.1, 0.15) is 5.75 Å². The van der Waals surface area contributed by atoms with Crippen molar-refractivity contribution in [1.82, 2.24) is 5.32 Å². The standard InChI is InChI=1S/C13H18N2O2/c1-17-11-4-2-10(3-5-11)8-15-12-6-7-14-9-13(12)16/h2-5,8,12-14,16H,6-7,9H2,1H3/b15-8+/t12-,13?/m0/s1. The minimum absolute atomic E-state index is 0.0124. The average molecular weight is 234 g/mol. The number of hydrogen-bond donors (Lipinski definition) is 2. The van der Waals surface area contributed by atoms with E-state index in [9.17, 15) is 5.11 Å². The number of benzene rings is 1. The molecule has 2 rings (SSSR count). The summed E-state index contributed by atoms with van der Waals surface area (Å²) >= 11 is 0. The minimum Gasteiger partial charge on any atom is -0.497 e. The molecule has 1 fully saturated rings. The highest BCUT2D eigenvalue weighted by molar-refractivity contribution is 5.79. The lowest BCUT2D eigenvalue weighted by Gasteiger charge is -2.24.